The van der Waals surface area contributed by atoms with Crippen LogP contribution in [0.5, 0.6) is 0 Å². The average molecular weight is 1180 g/mol. The number of Topliss-reactive ketones (excluding diaryl/α,β-unsaturated/α-hetero) is 1. The molecule has 8 heterocycles. The zero-order valence-corrected chi connectivity index (χ0v) is 50.5. The second kappa shape index (κ2) is 28.3. The Morgan fingerprint density at radius 1 is 0.595 bits per heavy atom. The highest BCUT2D eigenvalue weighted by Crippen LogP contribution is 2.41. The molecule has 4 aromatic heterocycles. The summed E-state index contributed by atoms with van der Waals surface area (Å²) in [5.41, 5.74) is 5.24. The van der Waals surface area contributed by atoms with Gasteiger partial charge in [0.05, 0.1) is 51.0 Å². The first kappa shape index (κ1) is 60.2. The number of fused-ring (bicyclic) bond motifs is 2. The van der Waals surface area contributed by atoms with Crippen molar-refractivity contribution in [2.75, 3.05) is 64.8 Å². The first-order valence-electron chi connectivity index (χ1n) is 30.4. The molecule has 6 amide bonds. The number of hydrogen-bond donors (Lipinski definition) is 5. The molecule has 10 rings (SSSR count). The van der Waals surface area contributed by atoms with Gasteiger partial charge in [0.25, 0.3) is 0 Å². The molecule has 84 heavy (non-hydrogen) atoms. The summed E-state index contributed by atoms with van der Waals surface area (Å²) in [6, 6.07) is 20.8. The number of piperidine rings is 2. The Morgan fingerprint density at radius 3 is 1.77 bits per heavy atom. The van der Waals surface area contributed by atoms with Gasteiger partial charge in [0, 0.05) is 75.8 Å². The Kier molecular flexibility index (Phi) is 20.3. The van der Waals surface area contributed by atoms with Crippen molar-refractivity contribution in [3.05, 3.63) is 90.2 Å². The summed E-state index contributed by atoms with van der Waals surface area (Å²) < 4.78 is 2.02. The van der Waals surface area contributed by atoms with Crippen molar-refractivity contribution in [3.63, 3.8) is 0 Å². The molecule has 4 fully saturated rings. The maximum atomic E-state index is 14.7. The summed E-state index contributed by atoms with van der Waals surface area (Å²) in [4.78, 5) is 111. The molecule has 4 saturated heterocycles. The minimum Gasteiger partial charge on any atom is -0.345 e. The summed E-state index contributed by atoms with van der Waals surface area (Å²) in [6.07, 6.45) is 14.0. The minimum atomic E-state index is -0.720. The van der Waals surface area contributed by atoms with Gasteiger partial charge in [-0.05, 0) is 116 Å². The van der Waals surface area contributed by atoms with E-state index in [1.807, 2.05) is 93.7 Å². The van der Waals surface area contributed by atoms with E-state index in [0.29, 0.717) is 84.3 Å². The van der Waals surface area contributed by atoms with Crippen LogP contribution in [-0.4, -0.2) is 160 Å². The normalized spacial score (nSPS) is 19.3. The van der Waals surface area contributed by atoms with E-state index < -0.39 is 30.2 Å². The molecule has 0 saturated carbocycles. The van der Waals surface area contributed by atoms with Gasteiger partial charge in [-0.3, -0.25) is 33.9 Å². The smallest absolute Gasteiger partial charge is 0.317 e. The van der Waals surface area contributed by atoms with Gasteiger partial charge in [-0.1, -0.05) is 91.3 Å². The third-order valence-electron chi connectivity index (χ3n) is 17.7. The number of unbranched alkanes of at least 4 members (excludes halogenated alkanes) is 4. The topological polar surface area (TPSA) is 227 Å². The van der Waals surface area contributed by atoms with Crippen molar-refractivity contribution < 1.29 is 28.8 Å². The fourth-order valence-electron chi connectivity index (χ4n) is 12.5. The van der Waals surface area contributed by atoms with Gasteiger partial charge < -0.3 is 46.2 Å². The molecule has 4 aliphatic heterocycles. The second-order valence-electron chi connectivity index (χ2n) is 23.0. The van der Waals surface area contributed by atoms with E-state index in [1.54, 1.807) is 56.8 Å². The number of benzene rings is 2. The van der Waals surface area contributed by atoms with E-state index in [9.17, 15) is 28.8 Å². The van der Waals surface area contributed by atoms with E-state index in [2.05, 4.69) is 41.5 Å². The summed E-state index contributed by atoms with van der Waals surface area (Å²) >= 11 is 3.16. The van der Waals surface area contributed by atoms with Crippen LogP contribution in [-0.2, 0) is 24.0 Å². The number of aromatic nitrogens is 4. The third-order valence-corrected chi connectivity index (χ3v) is 19.9. The van der Waals surface area contributed by atoms with Crippen LogP contribution in [0, 0.1) is 11.8 Å². The maximum Gasteiger partial charge on any atom is 0.317 e. The summed E-state index contributed by atoms with van der Waals surface area (Å²) in [5.74, 6) is -0.691. The monoisotopic (exact) mass is 1180 g/mol. The van der Waals surface area contributed by atoms with Gasteiger partial charge in [-0.25, -0.2) is 14.8 Å². The number of likely N-dealkylation sites (tertiary alicyclic amines) is 3. The molecular formula is C63H81N13O6S2. The van der Waals surface area contributed by atoms with Crippen molar-refractivity contribution in [2.45, 2.75) is 140 Å². The van der Waals surface area contributed by atoms with E-state index in [1.165, 1.54) is 0 Å². The molecule has 4 aliphatic rings. The number of urea groups is 1. The second-order valence-corrected chi connectivity index (χ2v) is 25.1. The number of nitrogens with one attached hydrogen (secondary N) is 5. The predicted octanol–water partition coefficient (Wildman–Crippen LogP) is 8.12. The minimum absolute atomic E-state index is 0.0101. The summed E-state index contributed by atoms with van der Waals surface area (Å²) in [7, 11) is 3.46. The number of nitrogens with zero attached hydrogens (tertiary/aromatic N) is 8. The lowest BCUT2D eigenvalue weighted by molar-refractivity contribution is -0.140. The number of rotatable bonds is 23. The number of ketones is 1. The van der Waals surface area contributed by atoms with Crippen molar-refractivity contribution in [3.8, 4) is 22.5 Å². The van der Waals surface area contributed by atoms with Crippen LogP contribution in [0.1, 0.15) is 115 Å². The Balaban J connectivity index is 0.652. The molecule has 2 aromatic carbocycles. The fourth-order valence-corrected chi connectivity index (χ4v) is 14.6. The first-order valence-corrected chi connectivity index (χ1v) is 32.0. The lowest BCUT2D eigenvalue weighted by Crippen LogP contribution is -2.57. The van der Waals surface area contributed by atoms with E-state index in [0.717, 1.165) is 104 Å². The van der Waals surface area contributed by atoms with E-state index in [4.69, 9.17) is 9.97 Å². The number of pyridine rings is 2. The first-order chi connectivity index (χ1) is 40.9. The van der Waals surface area contributed by atoms with Crippen molar-refractivity contribution in [1.82, 2.24) is 61.2 Å². The molecule has 0 radical (unpaired) electrons. The molecule has 0 bridgehead atoms. The average Bonchev–Trinajstić information content (AvgIpc) is 4.09. The summed E-state index contributed by atoms with van der Waals surface area (Å²) in [6.45, 7) is 7.42. The van der Waals surface area contributed by atoms with Gasteiger partial charge in [-0.2, -0.15) is 0 Å². The molecule has 5 N–H and O–H groups in total. The number of thiazole rings is 2. The number of anilines is 1. The Hall–Kier alpha value is -6.94. The fraction of sp³-hybridized carbons (Fsp3) is 0.524. The lowest BCUT2D eigenvalue weighted by atomic mass is 9.84. The van der Waals surface area contributed by atoms with Gasteiger partial charge in [0.15, 0.2) is 10.9 Å². The van der Waals surface area contributed by atoms with Crippen LogP contribution in [0.4, 0.5) is 9.93 Å². The molecule has 0 spiro atoms. The Labute approximate surface area is 500 Å². The van der Waals surface area contributed by atoms with Crippen molar-refractivity contribution in [2.24, 2.45) is 11.8 Å². The van der Waals surface area contributed by atoms with E-state index in [-0.39, 0.29) is 53.3 Å². The highest BCUT2D eigenvalue weighted by Gasteiger charge is 2.44. The molecular weight excluding hydrogens is 1100 g/mol. The SMILES string of the molecule is CN[C@@H](C)C(=O)N[C@H](C(=O)C1CCCN1c1nc2c(-c3ccccc3)nccc2s1)C1CCN(C(=O)NCCCCCCCC(=O)N2CCC([C@H](NC(=O)[C@H](C)NC)C(=O)N3CCC[C@H]3c3nc4c(-c5ccccc5)nccc4s3)CC2)CC1. The van der Waals surface area contributed by atoms with Gasteiger partial charge in [0.2, 0.25) is 23.6 Å². The standard InChI is InChI=1S/C63H81N13O6S2/c1-40(64-3)58(79)69-53(57(78)46-22-16-35-76(46)63-72-56-49(84-63)26-33-67-52(56)43-20-12-9-13-21-43)44-29-38-74(39-30-44)62(82)68-31-15-7-5-6-14-24-50(77)73-36-27-45(28-37-73)54(70-59(80)41(2)65-4)61(81)75-34-17-23-47(75)60-71-55-48(83-60)25-32-66-51(55)42-18-10-8-11-19-42/h8-13,18-21,25-26,32-33,40-41,44-47,53-54,64-65H,5-7,14-17,22-24,27-31,34-39H2,1-4H3,(H,68,82)(H,69,79)(H,70,80)/t40-,41-,46?,47-,53-,54-/m0/s1. The highest BCUT2D eigenvalue weighted by atomic mass is 32.1. The number of carbonyl (C=O) groups is 6. The molecule has 446 valence electrons. The number of amides is 6. The van der Waals surface area contributed by atoms with Crippen LogP contribution in [0.2, 0.25) is 0 Å². The molecule has 0 aliphatic carbocycles. The van der Waals surface area contributed by atoms with E-state index >= 15 is 0 Å². The van der Waals surface area contributed by atoms with Gasteiger partial charge >= 0.3 is 6.03 Å². The summed E-state index contributed by atoms with van der Waals surface area (Å²) in [5, 5.41) is 17.1. The van der Waals surface area contributed by atoms with Gasteiger partial charge in [0.1, 0.15) is 22.1 Å². The molecule has 6 aromatic rings. The maximum absolute atomic E-state index is 14.7. The van der Waals surface area contributed by atoms with Crippen LogP contribution in [0.25, 0.3) is 42.9 Å². The molecule has 1 unspecified atom stereocenters. The number of carbonyl (C=O) groups excluding carboxylic acids is 6. The van der Waals surface area contributed by atoms with Crippen LogP contribution in [0.3, 0.4) is 0 Å². The number of hydrogen-bond acceptors (Lipinski definition) is 15. The van der Waals surface area contributed by atoms with Gasteiger partial charge in [-0.15, -0.1) is 11.3 Å². The Morgan fingerprint density at radius 2 is 1.14 bits per heavy atom. The molecule has 19 nitrogen and oxygen atoms in total. The largest absolute Gasteiger partial charge is 0.345 e. The van der Waals surface area contributed by atoms with Crippen molar-refractivity contribution in [1.29, 1.82) is 0 Å². The predicted molar refractivity (Wildman–Crippen MR) is 330 cm³/mol. The van der Waals surface area contributed by atoms with Crippen LogP contribution < -0.4 is 31.5 Å². The zero-order chi connectivity index (χ0) is 58.7. The van der Waals surface area contributed by atoms with Crippen LogP contribution in [0.15, 0.2) is 85.2 Å². The molecule has 6 atom stereocenters. The Bertz CT molecular complexity index is 3020. The lowest BCUT2D eigenvalue weighted by Gasteiger charge is -2.38. The highest BCUT2D eigenvalue weighted by molar-refractivity contribution is 7.22. The number of likely N-dealkylation sites (N-methyl/N-ethyl adjacent to an activating group) is 2. The zero-order valence-electron chi connectivity index (χ0n) is 48.9. The quantitative estimate of drug-likeness (QED) is 0.0383. The van der Waals surface area contributed by atoms with Crippen molar-refractivity contribution >= 4 is 83.7 Å². The van der Waals surface area contributed by atoms with Crippen LogP contribution >= 0.6 is 22.7 Å². The third kappa shape index (κ3) is 13.9. The molecule has 21 heteroatoms.